The number of hydrogen-bond acceptors (Lipinski definition) is 5. The molecule has 2 amide bonds. The highest BCUT2D eigenvalue weighted by Gasteiger charge is 2.49. The van der Waals surface area contributed by atoms with Crippen LogP contribution in [0.5, 0.6) is 0 Å². The molecule has 0 spiro atoms. The summed E-state index contributed by atoms with van der Waals surface area (Å²) in [5.74, 6) is -1.87. The summed E-state index contributed by atoms with van der Waals surface area (Å²) in [5.41, 5.74) is 1.22. The normalized spacial score (nSPS) is 19.4. The minimum atomic E-state index is -1.97. The maximum atomic E-state index is 13.3. The van der Waals surface area contributed by atoms with E-state index >= 15 is 0 Å². The number of aliphatic hydroxyl groups is 1. The van der Waals surface area contributed by atoms with Crippen LogP contribution < -0.4 is 5.32 Å². The lowest BCUT2D eigenvalue weighted by Gasteiger charge is -2.35. The van der Waals surface area contributed by atoms with Crippen molar-refractivity contribution in [2.75, 3.05) is 19.7 Å². The van der Waals surface area contributed by atoms with Crippen LogP contribution in [0.1, 0.15) is 50.2 Å². The van der Waals surface area contributed by atoms with Gasteiger partial charge in [-0.1, -0.05) is 62.4 Å². The van der Waals surface area contributed by atoms with Crippen molar-refractivity contribution in [2.45, 2.75) is 50.2 Å². The number of rotatable bonds is 7. The Kier molecular flexibility index (Phi) is 6.36. The Balaban J connectivity index is 1.46. The van der Waals surface area contributed by atoms with E-state index in [4.69, 9.17) is 4.74 Å². The SMILES string of the molecule is CCC(CC)(NC(=O)OCC1c2ccccc2-c2ccccc21)C(=O)N1CCC(O)(C(=O)O)C1. The number of likely N-dealkylation sites (tertiary alicyclic amines) is 1. The summed E-state index contributed by atoms with van der Waals surface area (Å²) in [7, 11) is 0. The van der Waals surface area contributed by atoms with Gasteiger partial charge in [-0.05, 0) is 35.1 Å². The number of ether oxygens (including phenoxy) is 1. The first-order valence-electron chi connectivity index (χ1n) is 11.6. The Morgan fingerprint density at radius 1 is 1.06 bits per heavy atom. The van der Waals surface area contributed by atoms with Gasteiger partial charge >= 0.3 is 12.1 Å². The van der Waals surface area contributed by atoms with Crippen LogP contribution >= 0.6 is 0 Å². The van der Waals surface area contributed by atoms with Crippen LogP contribution in [0, 0.1) is 0 Å². The highest BCUT2D eigenvalue weighted by Crippen LogP contribution is 2.44. The second kappa shape index (κ2) is 9.10. The van der Waals surface area contributed by atoms with Crippen LogP contribution in [0.4, 0.5) is 4.79 Å². The van der Waals surface area contributed by atoms with Gasteiger partial charge in [-0.3, -0.25) is 4.79 Å². The second-order valence-corrected chi connectivity index (χ2v) is 9.05. The number of alkyl carbamates (subject to hydrolysis) is 1. The van der Waals surface area contributed by atoms with Gasteiger partial charge in [0.05, 0.1) is 6.54 Å². The first-order chi connectivity index (χ1) is 16.2. The number of aliphatic carboxylic acids is 1. The number of nitrogens with one attached hydrogen (secondary N) is 1. The van der Waals surface area contributed by atoms with E-state index in [0.29, 0.717) is 12.8 Å². The van der Waals surface area contributed by atoms with E-state index in [1.54, 1.807) is 13.8 Å². The van der Waals surface area contributed by atoms with Gasteiger partial charge < -0.3 is 25.2 Å². The summed E-state index contributed by atoms with van der Waals surface area (Å²) >= 11 is 0. The molecule has 1 heterocycles. The van der Waals surface area contributed by atoms with E-state index in [1.807, 2.05) is 36.4 Å². The molecule has 8 heteroatoms. The van der Waals surface area contributed by atoms with Gasteiger partial charge in [0.15, 0.2) is 5.60 Å². The molecule has 0 saturated carbocycles. The molecule has 4 rings (SSSR count). The third kappa shape index (κ3) is 4.03. The van der Waals surface area contributed by atoms with Crippen molar-refractivity contribution < 1.29 is 29.3 Å². The van der Waals surface area contributed by atoms with Crippen LogP contribution in [0.15, 0.2) is 48.5 Å². The molecule has 8 nitrogen and oxygen atoms in total. The Hall–Kier alpha value is -3.39. The van der Waals surface area contributed by atoms with Crippen molar-refractivity contribution in [1.29, 1.82) is 0 Å². The minimum absolute atomic E-state index is 0.0530. The van der Waals surface area contributed by atoms with E-state index < -0.39 is 29.1 Å². The van der Waals surface area contributed by atoms with E-state index in [-0.39, 0.29) is 32.0 Å². The molecular formula is C26H30N2O6. The molecule has 0 radical (unpaired) electrons. The third-order valence-electron chi connectivity index (χ3n) is 7.23. The Morgan fingerprint density at radius 3 is 2.12 bits per heavy atom. The summed E-state index contributed by atoms with van der Waals surface area (Å²) in [6.45, 7) is 3.49. The zero-order valence-electron chi connectivity index (χ0n) is 19.4. The van der Waals surface area contributed by atoms with E-state index in [1.165, 1.54) is 4.90 Å². The maximum absolute atomic E-state index is 13.3. The van der Waals surface area contributed by atoms with Crippen molar-refractivity contribution >= 4 is 18.0 Å². The lowest BCUT2D eigenvalue weighted by molar-refractivity contribution is -0.157. The van der Waals surface area contributed by atoms with Crippen LogP contribution in [-0.4, -0.2) is 63.9 Å². The molecular weight excluding hydrogens is 436 g/mol. The molecule has 1 unspecified atom stereocenters. The topological polar surface area (TPSA) is 116 Å². The lowest BCUT2D eigenvalue weighted by Crippen LogP contribution is -2.59. The lowest BCUT2D eigenvalue weighted by atomic mass is 9.91. The Bertz CT molecular complexity index is 1070. The number of nitrogens with zero attached hydrogens (tertiary/aromatic N) is 1. The second-order valence-electron chi connectivity index (χ2n) is 9.05. The molecule has 34 heavy (non-hydrogen) atoms. The molecule has 1 atom stereocenters. The van der Waals surface area contributed by atoms with Crippen LogP contribution in [0.3, 0.4) is 0 Å². The van der Waals surface area contributed by atoms with Gasteiger partial charge in [0.25, 0.3) is 0 Å². The molecule has 1 fully saturated rings. The summed E-state index contributed by atoms with van der Waals surface area (Å²) in [6.07, 6.45) is -0.155. The fourth-order valence-corrected chi connectivity index (χ4v) is 5.06. The van der Waals surface area contributed by atoms with E-state index in [9.17, 15) is 24.6 Å². The summed E-state index contributed by atoms with van der Waals surface area (Å²) in [4.78, 5) is 38.9. The molecule has 0 bridgehead atoms. The highest BCUT2D eigenvalue weighted by atomic mass is 16.5. The number of hydrogen-bond donors (Lipinski definition) is 3. The third-order valence-corrected chi connectivity index (χ3v) is 7.23. The Labute approximate surface area is 198 Å². The fraction of sp³-hybridized carbons (Fsp3) is 0.423. The Morgan fingerprint density at radius 2 is 1.62 bits per heavy atom. The van der Waals surface area contributed by atoms with Crippen LogP contribution in [0.2, 0.25) is 0 Å². The average molecular weight is 467 g/mol. The molecule has 2 aromatic rings. The van der Waals surface area contributed by atoms with Crippen molar-refractivity contribution in [1.82, 2.24) is 10.2 Å². The molecule has 1 aliphatic carbocycles. The molecule has 0 aromatic heterocycles. The van der Waals surface area contributed by atoms with Crippen LogP contribution in [0.25, 0.3) is 11.1 Å². The van der Waals surface area contributed by atoms with Crippen molar-refractivity contribution in [3.8, 4) is 11.1 Å². The predicted octanol–water partition coefficient (Wildman–Crippen LogP) is 3.13. The fourth-order valence-electron chi connectivity index (χ4n) is 5.06. The van der Waals surface area contributed by atoms with E-state index in [0.717, 1.165) is 22.3 Å². The first kappa shape index (κ1) is 23.8. The molecule has 1 aliphatic heterocycles. The zero-order chi connectivity index (χ0) is 24.5. The summed E-state index contributed by atoms with van der Waals surface area (Å²) in [6, 6.07) is 16.1. The predicted molar refractivity (Wildman–Crippen MR) is 125 cm³/mol. The zero-order valence-corrected chi connectivity index (χ0v) is 19.4. The number of benzene rings is 2. The van der Waals surface area contributed by atoms with Crippen LogP contribution in [-0.2, 0) is 14.3 Å². The first-order valence-corrected chi connectivity index (χ1v) is 11.6. The average Bonchev–Trinajstić information content (AvgIpc) is 3.40. The van der Waals surface area contributed by atoms with E-state index in [2.05, 4.69) is 17.4 Å². The van der Waals surface area contributed by atoms with Gasteiger partial charge in [-0.15, -0.1) is 0 Å². The van der Waals surface area contributed by atoms with Gasteiger partial charge in [0, 0.05) is 18.9 Å². The number of carboxylic acids is 1. The number of β-amino-alcohol motifs (C(OH)–C–C–N with tert-alkyl or cyclic N) is 1. The smallest absolute Gasteiger partial charge is 0.408 e. The minimum Gasteiger partial charge on any atom is -0.479 e. The van der Waals surface area contributed by atoms with Crippen molar-refractivity contribution in [3.05, 3.63) is 59.7 Å². The quantitative estimate of drug-likeness (QED) is 0.577. The maximum Gasteiger partial charge on any atom is 0.408 e. The van der Waals surface area contributed by atoms with Gasteiger partial charge in [0.2, 0.25) is 5.91 Å². The van der Waals surface area contributed by atoms with Gasteiger partial charge in [-0.25, -0.2) is 9.59 Å². The van der Waals surface area contributed by atoms with Gasteiger partial charge in [0.1, 0.15) is 12.1 Å². The molecule has 180 valence electrons. The number of carbonyl (C=O) groups is 3. The molecule has 2 aliphatic rings. The standard InChI is InChI=1S/C26H30N2O6/c1-3-25(4-2,22(29)28-14-13-26(33,16-28)23(30)31)27-24(32)34-15-21-19-11-7-5-9-17(19)18-10-6-8-12-20(18)21/h5-12,21,33H,3-4,13-16H2,1-2H3,(H,27,32)(H,30,31). The number of carbonyl (C=O) groups excluding carboxylic acids is 2. The molecule has 2 aromatic carbocycles. The van der Waals surface area contributed by atoms with Crippen molar-refractivity contribution in [3.63, 3.8) is 0 Å². The largest absolute Gasteiger partial charge is 0.479 e. The number of carboxylic acid groups (broad SMARTS) is 1. The molecule has 3 N–H and O–H groups in total. The number of amides is 2. The monoisotopic (exact) mass is 466 g/mol. The molecule has 1 saturated heterocycles. The van der Waals surface area contributed by atoms with Crippen molar-refractivity contribution in [2.24, 2.45) is 0 Å². The highest BCUT2D eigenvalue weighted by molar-refractivity contribution is 5.91. The number of fused-ring (bicyclic) bond motifs is 3. The van der Waals surface area contributed by atoms with Gasteiger partial charge in [-0.2, -0.15) is 0 Å². The summed E-state index contributed by atoms with van der Waals surface area (Å²) < 4.78 is 5.63. The summed E-state index contributed by atoms with van der Waals surface area (Å²) in [5, 5.41) is 22.3.